The summed E-state index contributed by atoms with van der Waals surface area (Å²) in [6, 6.07) is 14.6. The first-order valence-corrected chi connectivity index (χ1v) is 8.07. The van der Waals surface area contributed by atoms with Crippen molar-refractivity contribution in [1.82, 2.24) is 14.8 Å². The number of carboxylic acids is 1. The Balaban J connectivity index is 1.85. The molecule has 2 N–H and O–H groups in total. The molecule has 0 unspecified atom stereocenters. The molecule has 1 heterocycles. The molecular formula is C18H17N3O3S. The van der Waals surface area contributed by atoms with Crippen molar-refractivity contribution in [3.05, 3.63) is 75.8 Å². The lowest BCUT2D eigenvalue weighted by Gasteiger charge is -2.08. The average molecular weight is 355 g/mol. The number of rotatable bonds is 6. The number of hydrogen-bond donors (Lipinski definition) is 2. The molecule has 0 aliphatic carbocycles. The van der Waals surface area contributed by atoms with Gasteiger partial charge in [0.1, 0.15) is 11.6 Å². The molecule has 0 spiro atoms. The molecule has 128 valence electrons. The number of carbonyl (C=O) groups is 1. The molecule has 0 saturated heterocycles. The number of ether oxygens (including phenoxy) is 1. The molecule has 0 bridgehead atoms. The van der Waals surface area contributed by atoms with Crippen LogP contribution in [0.5, 0.6) is 5.75 Å². The van der Waals surface area contributed by atoms with Gasteiger partial charge in [-0.25, -0.2) is 4.79 Å². The predicted octanol–water partition coefficient (Wildman–Crippen LogP) is 3.29. The number of aromatic amines is 1. The number of aromatic carboxylic acids is 1. The van der Waals surface area contributed by atoms with Gasteiger partial charge in [-0.15, -0.1) is 0 Å². The Morgan fingerprint density at radius 1 is 1.24 bits per heavy atom. The van der Waals surface area contributed by atoms with Crippen LogP contribution in [0.4, 0.5) is 0 Å². The maximum Gasteiger partial charge on any atom is 0.335 e. The lowest BCUT2D eigenvalue weighted by molar-refractivity contribution is 0.0696. The van der Waals surface area contributed by atoms with Gasteiger partial charge in [0.15, 0.2) is 4.77 Å². The maximum atomic E-state index is 11.1. The van der Waals surface area contributed by atoms with Gasteiger partial charge < -0.3 is 9.84 Å². The largest absolute Gasteiger partial charge is 0.497 e. The summed E-state index contributed by atoms with van der Waals surface area (Å²) in [6.45, 7) is 0.460. The topological polar surface area (TPSA) is 80.1 Å². The van der Waals surface area contributed by atoms with Crippen molar-refractivity contribution in [2.75, 3.05) is 7.11 Å². The second-order valence-electron chi connectivity index (χ2n) is 5.56. The summed E-state index contributed by atoms with van der Waals surface area (Å²) in [6.07, 6.45) is 0.607. The van der Waals surface area contributed by atoms with E-state index in [9.17, 15) is 4.79 Å². The van der Waals surface area contributed by atoms with Crippen molar-refractivity contribution in [3.63, 3.8) is 0 Å². The second-order valence-corrected chi connectivity index (χ2v) is 5.95. The van der Waals surface area contributed by atoms with Crippen LogP contribution in [0.15, 0.2) is 48.5 Å². The van der Waals surface area contributed by atoms with Crippen LogP contribution in [-0.4, -0.2) is 33.0 Å². The molecule has 3 rings (SSSR count). The van der Waals surface area contributed by atoms with E-state index in [1.165, 1.54) is 0 Å². The Morgan fingerprint density at radius 2 is 2.00 bits per heavy atom. The fraction of sp³-hybridized carbons (Fsp3) is 0.167. The lowest BCUT2D eigenvalue weighted by Crippen LogP contribution is -2.07. The van der Waals surface area contributed by atoms with Gasteiger partial charge in [0, 0.05) is 6.42 Å². The summed E-state index contributed by atoms with van der Waals surface area (Å²) < 4.78 is 7.54. The van der Waals surface area contributed by atoms with Crippen LogP contribution in [0.3, 0.4) is 0 Å². The van der Waals surface area contributed by atoms with E-state index in [2.05, 4.69) is 10.2 Å². The Morgan fingerprint density at radius 3 is 2.68 bits per heavy atom. The summed E-state index contributed by atoms with van der Waals surface area (Å²) in [7, 11) is 1.63. The summed E-state index contributed by atoms with van der Waals surface area (Å²) in [5.41, 5.74) is 2.19. The first kappa shape index (κ1) is 16.9. The second kappa shape index (κ2) is 7.31. The Kier molecular flexibility index (Phi) is 4.95. The molecule has 0 radical (unpaired) electrons. The normalized spacial score (nSPS) is 10.6. The third kappa shape index (κ3) is 3.95. The highest BCUT2D eigenvalue weighted by Gasteiger charge is 2.10. The van der Waals surface area contributed by atoms with Gasteiger partial charge in [0.05, 0.1) is 19.2 Å². The van der Waals surface area contributed by atoms with E-state index >= 15 is 0 Å². The molecule has 0 saturated carbocycles. The third-order valence-corrected chi connectivity index (χ3v) is 4.18. The quantitative estimate of drug-likeness (QED) is 0.663. The van der Waals surface area contributed by atoms with Crippen LogP contribution in [-0.2, 0) is 13.0 Å². The molecule has 0 fully saturated rings. The number of hydrogen-bond acceptors (Lipinski definition) is 4. The van der Waals surface area contributed by atoms with E-state index < -0.39 is 5.97 Å². The highest BCUT2D eigenvalue weighted by atomic mass is 32.1. The maximum absolute atomic E-state index is 11.1. The first-order chi connectivity index (χ1) is 12.1. The van der Waals surface area contributed by atoms with Crippen LogP contribution in [0.2, 0.25) is 0 Å². The molecule has 25 heavy (non-hydrogen) atoms. The van der Waals surface area contributed by atoms with Gasteiger partial charge in [0.2, 0.25) is 0 Å². The number of methoxy groups -OCH3 is 1. The van der Waals surface area contributed by atoms with E-state index in [1.807, 2.05) is 34.9 Å². The van der Waals surface area contributed by atoms with Gasteiger partial charge in [-0.05, 0) is 47.6 Å². The van der Waals surface area contributed by atoms with Gasteiger partial charge in [-0.1, -0.05) is 24.3 Å². The van der Waals surface area contributed by atoms with Crippen molar-refractivity contribution in [1.29, 1.82) is 0 Å². The van der Waals surface area contributed by atoms with Crippen LogP contribution in [0, 0.1) is 4.77 Å². The summed E-state index contributed by atoms with van der Waals surface area (Å²) in [4.78, 5) is 11.1. The van der Waals surface area contributed by atoms with Crippen molar-refractivity contribution in [2.24, 2.45) is 0 Å². The molecule has 0 amide bonds. The van der Waals surface area contributed by atoms with Crippen molar-refractivity contribution < 1.29 is 14.6 Å². The zero-order valence-electron chi connectivity index (χ0n) is 13.6. The fourth-order valence-corrected chi connectivity index (χ4v) is 2.78. The Hall–Kier alpha value is -2.93. The zero-order valence-corrected chi connectivity index (χ0v) is 14.4. The SMILES string of the molecule is COc1ccc(Cc2n[nH]c(=S)n2Cc2cccc(C(=O)O)c2)cc1. The van der Waals surface area contributed by atoms with Gasteiger partial charge in [0.25, 0.3) is 0 Å². The van der Waals surface area contributed by atoms with Crippen molar-refractivity contribution in [2.45, 2.75) is 13.0 Å². The number of nitrogens with zero attached hydrogens (tertiary/aromatic N) is 2. The van der Waals surface area contributed by atoms with E-state index in [0.717, 1.165) is 22.7 Å². The third-order valence-electron chi connectivity index (χ3n) is 3.87. The molecule has 0 aliphatic rings. The summed E-state index contributed by atoms with van der Waals surface area (Å²) in [5.74, 6) is 0.639. The lowest BCUT2D eigenvalue weighted by atomic mass is 10.1. The molecule has 2 aromatic carbocycles. The molecule has 3 aromatic rings. The molecule has 0 aliphatic heterocycles. The fourth-order valence-electron chi connectivity index (χ4n) is 2.56. The minimum Gasteiger partial charge on any atom is -0.497 e. The summed E-state index contributed by atoms with van der Waals surface area (Å²) in [5, 5.41) is 16.2. The standard InChI is InChI=1S/C18H17N3O3S/c1-24-15-7-5-12(6-8-15)10-16-19-20-18(25)21(16)11-13-3-2-4-14(9-13)17(22)23/h2-9H,10-11H2,1H3,(H,20,25)(H,22,23). The van der Waals surface area contributed by atoms with Crippen LogP contribution >= 0.6 is 12.2 Å². The monoisotopic (exact) mass is 355 g/mol. The van der Waals surface area contributed by atoms with Crippen molar-refractivity contribution in [3.8, 4) is 5.75 Å². The van der Waals surface area contributed by atoms with Crippen molar-refractivity contribution >= 4 is 18.2 Å². The predicted molar refractivity (Wildman–Crippen MR) is 95.7 cm³/mol. The van der Waals surface area contributed by atoms with Gasteiger partial charge in [-0.3, -0.25) is 9.67 Å². The molecular weight excluding hydrogens is 338 g/mol. The number of nitrogens with one attached hydrogen (secondary N) is 1. The minimum absolute atomic E-state index is 0.254. The average Bonchev–Trinajstić information content (AvgIpc) is 2.96. The Labute approximate surface area is 149 Å². The highest BCUT2D eigenvalue weighted by Crippen LogP contribution is 2.15. The van der Waals surface area contributed by atoms with E-state index in [0.29, 0.717) is 17.7 Å². The zero-order chi connectivity index (χ0) is 17.8. The molecule has 1 aromatic heterocycles. The van der Waals surface area contributed by atoms with E-state index in [1.54, 1.807) is 25.3 Å². The molecule has 6 nitrogen and oxygen atoms in total. The highest BCUT2D eigenvalue weighted by molar-refractivity contribution is 7.71. The van der Waals surface area contributed by atoms with E-state index in [4.69, 9.17) is 22.1 Å². The summed E-state index contributed by atoms with van der Waals surface area (Å²) >= 11 is 5.32. The number of benzene rings is 2. The number of aromatic nitrogens is 3. The first-order valence-electron chi connectivity index (χ1n) is 7.66. The van der Waals surface area contributed by atoms with Crippen LogP contribution in [0.25, 0.3) is 0 Å². The Bertz CT molecular complexity index is 945. The number of H-pyrrole nitrogens is 1. The smallest absolute Gasteiger partial charge is 0.335 e. The van der Waals surface area contributed by atoms with Crippen LogP contribution < -0.4 is 4.74 Å². The minimum atomic E-state index is -0.948. The van der Waals surface area contributed by atoms with Gasteiger partial charge in [-0.2, -0.15) is 5.10 Å². The van der Waals surface area contributed by atoms with Crippen LogP contribution in [0.1, 0.15) is 27.3 Å². The molecule has 7 heteroatoms. The molecule has 0 atom stereocenters. The van der Waals surface area contributed by atoms with Gasteiger partial charge >= 0.3 is 5.97 Å². The number of carboxylic acid groups (broad SMARTS) is 1. The van der Waals surface area contributed by atoms with E-state index in [-0.39, 0.29) is 5.56 Å².